The Kier molecular flexibility index (Phi) is 3.88. The second-order valence-corrected chi connectivity index (χ2v) is 7.01. The van der Waals surface area contributed by atoms with Gasteiger partial charge < -0.3 is 0 Å². The molecule has 4 heteroatoms. The van der Waals surface area contributed by atoms with E-state index in [2.05, 4.69) is 15.9 Å². The lowest BCUT2D eigenvalue weighted by Crippen LogP contribution is -2.05. The summed E-state index contributed by atoms with van der Waals surface area (Å²) in [6.45, 7) is 1.93. The van der Waals surface area contributed by atoms with Gasteiger partial charge in [0.2, 0.25) is 0 Å². The predicted molar refractivity (Wildman–Crippen MR) is 76.2 cm³/mol. The van der Waals surface area contributed by atoms with Gasteiger partial charge in [0.05, 0.1) is 10.6 Å². The topological polar surface area (TPSA) is 34.1 Å². The maximum atomic E-state index is 12.2. The molecule has 0 aliphatic carbocycles. The Hall–Kier alpha value is -1.13. The van der Waals surface area contributed by atoms with Gasteiger partial charge in [-0.1, -0.05) is 51.8 Å². The van der Waals surface area contributed by atoms with Crippen LogP contribution in [-0.2, 0) is 15.6 Å². The van der Waals surface area contributed by atoms with Crippen molar-refractivity contribution in [3.63, 3.8) is 0 Å². The van der Waals surface area contributed by atoms with Crippen LogP contribution in [0.25, 0.3) is 0 Å². The zero-order valence-corrected chi connectivity index (χ0v) is 12.3. The quantitative estimate of drug-likeness (QED) is 0.862. The fourth-order valence-corrected chi connectivity index (χ4v) is 3.64. The van der Waals surface area contributed by atoms with Gasteiger partial charge in [0.25, 0.3) is 0 Å². The fraction of sp³-hybridized carbons (Fsp3) is 0.143. The highest BCUT2D eigenvalue weighted by Gasteiger charge is 2.16. The van der Waals surface area contributed by atoms with Crippen molar-refractivity contribution in [1.82, 2.24) is 0 Å². The van der Waals surface area contributed by atoms with E-state index >= 15 is 0 Å². The maximum Gasteiger partial charge on any atom is 0.182 e. The number of benzene rings is 2. The van der Waals surface area contributed by atoms with Crippen LogP contribution in [0.15, 0.2) is 57.9 Å². The van der Waals surface area contributed by atoms with Crippen molar-refractivity contribution in [3.05, 3.63) is 64.1 Å². The van der Waals surface area contributed by atoms with Gasteiger partial charge in [-0.2, -0.15) is 0 Å². The summed E-state index contributed by atoms with van der Waals surface area (Å²) in [7, 11) is -3.28. The average molecular weight is 325 g/mol. The molecule has 0 heterocycles. The molecule has 0 bridgehead atoms. The van der Waals surface area contributed by atoms with Crippen LogP contribution in [-0.4, -0.2) is 8.42 Å². The first-order chi connectivity index (χ1) is 8.49. The van der Waals surface area contributed by atoms with Gasteiger partial charge in [0, 0.05) is 4.47 Å². The van der Waals surface area contributed by atoms with E-state index in [9.17, 15) is 8.42 Å². The zero-order chi connectivity index (χ0) is 13.2. The molecule has 0 aliphatic heterocycles. The summed E-state index contributed by atoms with van der Waals surface area (Å²) in [6.07, 6.45) is 0. The van der Waals surface area contributed by atoms with Crippen LogP contribution in [0.4, 0.5) is 0 Å². The highest BCUT2D eigenvalue weighted by Crippen LogP contribution is 2.22. The summed E-state index contributed by atoms with van der Waals surface area (Å²) in [5, 5.41) is 0. The number of halogens is 1. The molecule has 0 saturated carbocycles. The lowest BCUT2D eigenvalue weighted by molar-refractivity contribution is 0.595. The van der Waals surface area contributed by atoms with Crippen LogP contribution in [0.1, 0.15) is 11.1 Å². The first-order valence-electron chi connectivity index (χ1n) is 5.52. The van der Waals surface area contributed by atoms with E-state index in [1.807, 2.05) is 43.3 Å². The third-order valence-electron chi connectivity index (χ3n) is 2.68. The van der Waals surface area contributed by atoms with Crippen molar-refractivity contribution in [1.29, 1.82) is 0 Å². The van der Waals surface area contributed by atoms with E-state index in [-0.39, 0.29) is 5.75 Å². The molecule has 0 N–H and O–H groups in total. The molecular formula is C14H13BrO2S. The third-order valence-corrected chi connectivity index (χ3v) is 5.14. The molecule has 2 rings (SSSR count). The smallest absolute Gasteiger partial charge is 0.182 e. The minimum absolute atomic E-state index is 0.0114. The molecule has 94 valence electrons. The van der Waals surface area contributed by atoms with Crippen LogP contribution in [0.3, 0.4) is 0 Å². The molecule has 2 aromatic carbocycles. The monoisotopic (exact) mass is 324 g/mol. The van der Waals surface area contributed by atoms with Gasteiger partial charge >= 0.3 is 0 Å². The molecule has 0 atom stereocenters. The molecule has 0 radical (unpaired) electrons. The standard InChI is InChI=1S/C14H13BrO2S/c1-11-6-8-13(9-7-11)18(16,17)10-12-4-2-3-5-14(12)15/h2-9H,10H2,1H3. The second-order valence-electron chi connectivity index (χ2n) is 4.16. The van der Waals surface area contributed by atoms with Gasteiger partial charge in [0.1, 0.15) is 0 Å². The summed E-state index contributed by atoms with van der Waals surface area (Å²) in [6, 6.07) is 14.3. The Morgan fingerprint density at radius 2 is 1.61 bits per heavy atom. The van der Waals surface area contributed by atoms with E-state index in [0.717, 1.165) is 15.6 Å². The average Bonchev–Trinajstić information content (AvgIpc) is 2.32. The summed E-state index contributed by atoms with van der Waals surface area (Å²) < 4.78 is 25.3. The molecule has 0 spiro atoms. The van der Waals surface area contributed by atoms with E-state index < -0.39 is 9.84 Å². The second kappa shape index (κ2) is 5.24. The Morgan fingerprint density at radius 1 is 1.00 bits per heavy atom. The van der Waals surface area contributed by atoms with Crippen molar-refractivity contribution >= 4 is 25.8 Å². The highest BCUT2D eigenvalue weighted by atomic mass is 79.9. The van der Waals surface area contributed by atoms with Gasteiger partial charge in [-0.3, -0.25) is 0 Å². The highest BCUT2D eigenvalue weighted by molar-refractivity contribution is 9.10. The van der Waals surface area contributed by atoms with E-state index in [1.54, 1.807) is 12.1 Å². The van der Waals surface area contributed by atoms with Crippen molar-refractivity contribution in [2.75, 3.05) is 0 Å². The molecule has 0 fully saturated rings. The minimum atomic E-state index is -3.28. The predicted octanol–water partition coefficient (Wildman–Crippen LogP) is 3.73. The number of rotatable bonds is 3. The molecule has 2 aromatic rings. The Labute approximate surface area is 116 Å². The Bertz CT molecular complexity index is 646. The Morgan fingerprint density at radius 3 is 2.22 bits per heavy atom. The SMILES string of the molecule is Cc1ccc(S(=O)(=O)Cc2ccccc2Br)cc1. The van der Waals surface area contributed by atoms with Gasteiger partial charge in [0.15, 0.2) is 9.84 Å². The van der Waals surface area contributed by atoms with Crippen LogP contribution < -0.4 is 0 Å². The number of hydrogen-bond donors (Lipinski definition) is 0. The van der Waals surface area contributed by atoms with Crippen LogP contribution in [0, 0.1) is 6.92 Å². The lowest BCUT2D eigenvalue weighted by atomic mass is 10.2. The zero-order valence-electron chi connectivity index (χ0n) is 9.93. The van der Waals surface area contributed by atoms with E-state index in [1.165, 1.54) is 0 Å². The van der Waals surface area contributed by atoms with Gasteiger partial charge in [-0.15, -0.1) is 0 Å². The molecule has 0 aromatic heterocycles. The maximum absolute atomic E-state index is 12.2. The number of hydrogen-bond acceptors (Lipinski definition) is 2. The molecular weight excluding hydrogens is 312 g/mol. The Balaban J connectivity index is 2.33. The molecule has 0 unspecified atom stereocenters. The van der Waals surface area contributed by atoms with Crippen LogP contribution in [0.2, 0.25) is 0 Å². The summed E-state index contributed by atoms with van der Waals surface area (Å²) >= 11 is 3.37. The molecule has 0 saturated heterocycles. The third kappa shape index (κ3) is 3.00. The molecule has 18 heavy (non-hydrogen) atoms. The number of sulfone groups is 1. The first kappa shape index (κ1) is 13.3. The van der Waals surface area contributed by atoms with Crippen LogP contribution in [0.5, 0.6) is 0 Å². The lowest BCUT2D eigenvalue weighted by Gasteiger charge is -2.06. The summed E-state index contributed by atoms with van der Waals surface area (Å²) in [4.78, 5) is 0.365. The fourth-order valence-electron chi connectivity index (χ4n) is 1.65. The summed E-state index contributed by atoms with van der Waals surface area (Å²) in [5.41, 5.74) is 1.83. The first-order valence-corrected chi connectivity index (χ1v) is 7.96. The molecule has 0 amide bonds. The molecule has 2 nitrogen and oxygen atoms in total. The van der Waals surface area contributed by atoms with Gasteiger partial charge in [-0.05, 0) is 30.7 Å². The van der Waals surface area contributed by atoms with Crippen molar-refractivity contribution in [2.45, 2.75) is 17.6 Å². The summed E-state index contributed by atoms with van der Waals surface area (Å²) in [5.74, 6) is 0.0114. The van der Waals surface area contributed by atoms with E-state index in [4.69, 9.17) is 0 Å². The molecule has 0 aliphatic rings. The van der Waals surface area contributed by atoms with Gasteiger partial charge in [-0.25, -0.2) is 8.42 Å². The van der Waals surface area contributed by atoms with Crippen molar-refractivity contribution in [3.8, 4) is 0 Å². The van der Waals surface area contributed by atoms with Crippen LogP contribution >= 0.6 is 15.9 Å². The van der Waals surface area contributed by atoms with Crippen molar-refractivity contribution < 1.29 is 8.42 Å². The normalized spacial score (nSPS) is 11.4. The largest absolute Gasteiger partial charge is 0.223 e. The van der Waals surface area contributed by atoms with E-state index in [0.29, 0.717) is 4.90 Å². The van der Waals surface area contributed by atoms with Crippen molar-refractivity contribution in [2.24, 2.45) is 0 Å². The number of aryl methyl sites for hydroxylation is 1. The minimum Gasteiger partial charge on any atom is -0.223 e.